The second-order valence-corrected chi connectivity index (χ2v) is 6.34. The molecular weight excluding hydrogens is 323 g/mol. The van der Waals surface area contributed by atoms with Crippen LogP contribution in [0.2, 0.25) is 0 Å². The molecular formula is C18H17FN4O2. The molecule has 1 fully saturated rings. The van der Waals surface area contributed by atoms with Gasteiger partial charge in [-0.2, -0.15) is 0 Å². The number of H-pyrrole nitrogens is 2. The number of fused-ring (bicyclic) bond motifs is 1. The van der Waals surface area contributed by atoms with E-state index in [4.69, 9.17) is 0 Å². The lowest BCUT2D eigenvalue weighted by Crippen LogP contribution is -2.39. The van der Waals surface area contributed by atoms with E-state index in [0.717, 1.165) is 24.1 Å². The third-order valence-electron chi connectivity index (χ3n) is 4.66. The molecule has 1 aliphatic rings. The fourth-order valence-corrected chi connectivity index (χ4v) is 3.43. The van der Waals surface area contributed by atoms with Crippen LogP contribution < -0.4 is 5.69 Å². The van der Waals surface area contributed by atoms with Gasteiger partial charge in [-0.3, -0.25) is 4.79 Å². The highest BCUT2D eigenvalue weighted by Gasteiger charge is 2.27. The Hall–Kier alpha value is -2.96. The highest BCUT2D eigenvalue weighted by atomic mass is 19.1. The Bertz CT molecular complexity index is 994. The number of hydrogen-bond donors (Lipinski definition) is 2. The summed E-state index contributed by atoms with van der Waals surface area (Å²) in [4.78, 5) is 35.4. The number of hydrogen-bond acceptors (Lipinski definition) is 3. The summed E-state index contributed by atoms with van der Waals surface area (Å²) in [6.45, 7) is 1.19. The minimum atomic E-state index is -0.376. The van der Waals surface area contributed by atoms with E-state index in [1.807, 2.05) is 0 Å². The molecule has 0 bridgehead atoms. The lowest BCUT2D eigenvalue weighted by Gasteiger charge is -2.32. The summed E-state index contributed by atoms with van der Waals surface area (Å²) in [5.41, 5.74) is 1.61. The molecule has 3 aromatic rings. The predicted octanol–water partition coefficient (Wildman–Crippen LogP) is 2.41. The fraction of sp³-hybridized carbons (Fsp3) is 0.278. The molecule has 1 aromatic carbocycles. The SMILES string of the molecule is O=C(c1cc2cc(F)ccc2[nH]1)N1CCC[C@H](c2ccnc(=O)[nH]2)C1. The average Bonchev–Trinajstić information content (AvgIpc) is 3.04. The Morgan fingerprint density at radius 1 is 1.24 bits per heavy atom. The van der Waals surface area contributed by atoms with Gasteiger partial charge in [0.2, 0.25) is 0 Å². The molecule has 0 unspecified atom stereocenters. The lowest BCUT2D eigenvalue weighted by atomic mass is 9.94. The number of benzene rings is 1. The number of aromatic nitrogens is 3. The molecule has 0 saturated carbocycles. The number of piperidine rings is 1. The number of likely N-dealkylation sites (tertiary alicyclic amines) is 1. The second kappa shape index (κ2) is 6.16. The van der Waals surface area contributed by atoms with E-state index in [1.54, 1.807) is 23.1 Å². The Balaban J connectivity index is 1.57. The van der Waals surface area contributed by atoms with Crippen LogP contribution in [0.1, 0.15) is 34.9 Å². The van der Waals surface area contributed by atoms with Gasteiger partial charge >= 0.3 is 5.69 Å². The van der Waals surface area contributed by atoms with Crippen molar-refractivity contribution < 1.29 is 9.18 Å². The monoisotopic (exact) mass is 340 g/mol. The van der Waals surface area contributed by atoms with Crippen LogP contribution in [0.25, 0.3) is 10.9 Å². The van der Waals surface area contributed by atoms with Crippen LogP contribution in [-0.4, -0.2) is 38.8 Å². The number of halogens is 1. The third-order valence-corrected chi connectivity index (χ3v) is 4.66. The van der Waals surface area contributed by atoms with Crippen molar-refractivity contribution in [2.45, 2.75) is 18.8 Å². The van der Waals surface area contributed by atoms with Gasteiger partial charge in [-0.25, -0.2) is 14.2 Å². The Labute approximate surface area is 142 Å². The summed E-state index contributed by atoms with van der Waals surface area (Å²) in [5, 5.41) is 0.676. The van der Waals surface area contributed by atoms with Gasteiger partial charge in [0.1, 0.15) is 11.5 Å². The fourth-order valence-electron chi connectivity index (χ4n) is 3.43. The van der Waals surface area contributed by atoms with Crippen LogP contribution in [0.4, 0.5) is 4.39 Å². The van der Waals surface area contributed by atoms with Gasteiger partial charge in [0.25, 0.3) is 5.91 Å². The minimum Gasteiger partial charge on any atom is -0.351 e. The van der Waals surface area contributed by atoms with Crippen molar-refractivity contribution in [1.82, 2.24) is 19.9 Å². The van der Waals surface area contributed by atoms with Crippen molar-refractivity contribution in [3.8, 4) is 0 Å². The van der Waals surface area contributed by atoms with Crippen LogP contribution in [0.3, 0.4) is 0 Å². The zero-order chi connectivity index (χ0) is 17.4. The number of rotatable bonds is 2. The van der Waals surface area contributed by atoms with Crippen molar-refractivity contribution in [2.75, 3.05) is 13.1 Å². The van der Waals surface area contributed by atoms with Gasteiger partial charge in [-0.15, -0.1) is 0 Å². The Kier molecular flexibility index (Phi) is 3.83. The molecule has 25 heavy (non-hydrogen) atoms. The van der Waals surface area contributed by atoms with Gasteiger partial charge in [0.15, 0.2) is 0 Å². The first-order valence-corrected chi connectivity index (χ1v) is 8.23. The number of carbonyl (C=O) groups is 1. The lowest BCUT2D eigenvalue weighted by molar-refractivity contribution is 0.0701. The Morgan fingerprint density at radius 3 is 2.96 bits per heavy atom. The second-order valence-electron chi connectivity index (χ2n) is 6.34. The Morgan fingerprint density at radius 2 is 2.12 bits per heavy atom. The molecule has 3 heterocycles. The molecule has 0 spiro atoms. The van der Waals surface area contributed by atoms with Crippen molar-refractivity contribution in [1.29, 1.82) is 0 Å². The quantitative estimate of drug-likeness (QED) is 0.752. The summed E-state index contributed by atoms with van der Waals surface area (Å²) in [6, 6.07) is 7.86. The third kappa shape index (κ3) is 3.05. The zero-order valence-corrected chi connectivity index (χ0v) is 13.5. The van der Waals surface area contributed by atoms with Crippen molar-refractivity contribution >= 4 is 16.8 Å². The molecule has 6 nitrogen and oxygen atoms in total. The number of nitrogens with zero attached hydrogens (tertiary/aromatic N) is 2. The number of amides is 1. The van der Waals surface area contributed by atoms with Crippen LogP contribution in [0, 0.1) is 5.82 Å². The van der Waals surface area contributed by atoms with E-state index in [0.29, 0.717) is 24.2 Å². The largest absolute Gasteiger partial charge is 0.351 e. The molecule has 0 aliphatic carbocycles. The summed E-state index contributed by atoms with van der Waals surface area (Å²) in [6.07, 6.45) is 3.25. The number of carbonyl (C=O) groups excluding carboxylic acids is 1. The molecule has 128 valence electrons. The van der Waals surface area contributed by atoms with E-state index in [-0.39, 0.29) is 23.3 Å². The van der Waals surface area contributed by atoms with Gasteiger partial charge in [-0.1, -0.05) is 0 Å². The van der Waals surface area contributed by atoms with Crippen molar-refractivity contribution in [3.63, 3.8) is 0 Å². The van der Waals surface area contributed by atoms with Gasteiger partial charge in [0.05, 0.1) is 0 Å². The maximum absolute atomic E-state index is 13.3. The molecule has 1 amide bonds. The highest BCUT2D eigenvalue weighted by molar-refractivity contribution is 5.98. The van der Waals surface area contributed by atoms with Crippen LogP contribution in [0.15, 0.2) is 41.3 Å². The molecule has 0 radical (unpaired) electrons. The van der Waals surface area contributed by atoms with Crippen LogP contribution in [0.5, 0.6) is 0 Å². The predicted molar refractivity (Wildman–Crippen MR) is 91.0 cm³/mol. The van der Waals surface area contributed by atoms with E-state index in [9.17, 15) is 14.0 Å². The molecule has 1 saturated heterocycles. The topological polar surface area (TPSA) is 81.8 Å². The summed E-state index contributed by atoms with van der Waals surface area (Å²) >= 11 is 0. The molecule has 1 aliphatic heterocycles. The average molecular weight is 340 g/mol. The minimum absolute atomic E-state index is 0.0789. The molecule has 4 rings (SSSR count). The summed E-state index contributed by atoms with van der Waals surface area (Å²) < 4.78 is 13.3. The maximum atomic E-state index is 13.3. The van der Waals surface area contributed by atoms with Gasteiger partial charge in [-0.05, 0) is 43.2 Å². The first kappa shape index (κ1) is 15.6. The molecule has 2 aromatic heterocycles. The maximum Gasteiger partial charge on any atom is 0.345 e. The van der Waals surface area contributed by atoms with Crippen molar-refractivity contribution in [3.05, 3.63) is 64.2 Å². The normalized spacial score (nSPS) is 17.8. The molecule has 2 N–H and O–H groups in total. The number of nitrogens with one attached hydrogen (secondary N) is 2. The number of aromatic amines is 2. The van der Waals surface area contributed by atoms with E-state index in [2.05, 4.69) is 15.0 Å². The van der Waals surface area contributed by atoms with Gasteiger partial charge in [0, 0.05) is 41.8 Å². The standard InChI is InChI=1S/C18H17FN4O2/c19-13-3-4-14-12(8-13)9-16(21-14)17(24)23-7-1-2-11(10-23)15-5-6-20-18(25)22-15/h3-6,8-9,11,21H,1-2,7,10H2,(H,20,22,25)/t11-/m0/s1. The van der Waals surface area contributed by atoms with E-state index in [1.165, 1.54) is 18.3 Å². The van der Waals surface area contributed by atoms with Crippen molar-refractivity contribution in [2.24, 2.45) is 0 Å². The van der Waals surface area contributed by atoms with E-state index >= 15 is 0 Å². The van der Waals surface area contributed by atoms with Crippen LogP contribution >= 0.6 is 0 Å². The first-order chi connectivity index (χ1) is 12.1. The first-order valence-electron chi connectivity index (χ1n) is 8.23. The summed E-state index contributed by atoms with van der Waals surface area (Å²) in [5.74, 6) is -0.363. The molecule has 1 atom stereocenters. The highest BCUT2D eigenvalue weighted by Crippen LogP contribution is 2.26. The van der Waals surface area contributed by atoms with Crippen LogP contribution in [-0.2, 0) is 0 Å². The zero-order valence-electron chi connectivity index (χ0n) is 13.5. The van der Waals surface area contributed by atoms with Gasteiger partial charge < -0.3 is 14.9 Å². The van der Waals surface area contributed by atoms with E-state index < -0.39 is 0 Å². The summed E-state index contributed by atoms with van der Waals surface area (Å²) in [7, 11) is 0. The molecule has 7 heteroatoms. The smallest absolute Gasteiger partial charge is 0.345 e.